The molecule has 0 fully saturated rings. The zero-order valence-corrected chi connectivity index (χ0v) is 12.6. The molecule has 0 amide bonds. The van der Waals surface area contributed by atoms with Gasteiger partial charge in [0.15, 0.2) is 0 Å². The highest BCUT2D eigenvalue weighted by Gasteiger charge is 2.20. The van der Waals surface area contributed by atoms with Gasteiger partial charge in [0.2, 0.25) is 0 Å². The highest BCUT2D eigenvalue weighted by molar-refractivity contribution is 9.10. The van der Waals surface area contributed by atoms with E-state index >= 15 is 0 Å². The van der Waals surface area contributed by atoms with Crippen LogP contribution >= 0.6 is 27.3 Å². The minimum Gasteiger partial charge on any atom is -0.466 e. The maximum atomic E-state index is 5.63. The molecule has 92 valence electrons. The molecule has 17 heavy (non-hydrogen) atoms. The normalized spacial score (nSPS) is 12.9. The first-order valence-electron chi connectivity index (χ1n) is 5.65. The van der Waals surface area contributed by atoms with Gasteiger partial charge >= 0.3 is 0 Å². The minimum absolute atomic E-state index is 0.207. The predicted molar refractivity (Wildman–Crippen MR) is 75.7 cm³/mol. The topological polar surface area (TPSA) is 25.2 Å². The molecule has 0 radical (unpaired) electrons. The molecule has 2 nitrogen and oxygen atoms in total. The van der Waals surface area contributed by atoms with E-state index in [9.17, 15) is 0 Å². The molecule has 2 aromatic heterocycles. The fourth-order valence-corrected chi connectivity index (χ4v) is 3.58. The van der Waals surface area contributed by atoms with E-state index in [1.165, 1.54) is 11.1 Å². The number of furan rings is 1. The highest BCUT2D eigenvalue weighted by Crippen LogP contribution is 2.34. The lowest BCUT2D eigenvalue weighted by atomic mass is 10.0. The molecule has 1 unspecified atom stereocenters. The number of nitrogens with one attached hydrogen (secondary N) is 1. The fraction of sp³-hybridized carbons (Fsp3) is 0.385. The van der Waals surface area contributed by atoms with Crippen molar-refractivity contribution in [2.75, 3.05) is 6.54 Å². The van der Waals surface area contributed by atoms with Crippen molar-refractivity contribution >= 4 is 27.3 Å². The van der Waals surface area contributed by atoms with Crippen molar-refractivity contribution in [2.45, 2.75) is 26.8 Å². The van der Waals surface area contributed by atoms with Crippen LogP contribution in [0.2, 0.25) is 0 Å². The van der Waals surface area contributed by atoms with E-state index in [2.05, 4.69) is 45.0 Å². The number of halogens is 1. The van der Waals surface area contributed by atoms with Gasteiger partial charge in [0, 0.05) is 15.4 Å². The monoisotopic (exact) mass is 313 g/mol. The maximum absolute atomic E-state index is 5.63. The Balaban J connectivity index is 2.42. The Morgan fingerprint density at radius 1 is 1.35 bits per heavy atom. The fourth-order valence-electron chi connectivity index (χ4n) is 2.03. The van der Waals surface area contributed by atoms with Crippen molar-refractivity contribution < 1.29 is 4.42 Å². The van der Waals surface area contributed by atoms with Crippen molar-refractivity contribution in [1.29, 1.82) is 0 Å². The second-order valence-electron chi connectivity index (χ2n) is 4.03. The third kappa shape index (κ3) is 2.64. The van der Waals surface area contributed by atoms with Crippen LogP contribution in [0.5, 0.6) is 0 Å². The molecular weight excluding hydrogens is 298 g/mol. The molecular formula is C13H16BrNOS. The number of aryl methyl sites for hydroxylation is 2. The molecule has 2 aromatic rings. The van der Waals surface area contributed by atoms with E-state index in [0.29, 0.717) is 0 Å². The smallest absolute Gasteiger partial charge is 0.106 e. The second kappa shape index (κ2) is 5.38. The first-order valence-corrected chi connectivity index (χ1v) is 7.39. The van der Waals surface area contributed by atoms with Crippen LogP contribution in [0.15, 0.2) is 25.7 Å². The summed E-state index contributed by atoms with van der Waals surface area (Å²) < 4.78 is 6.79. The lowest BCUT2D eigenvalue weighted by Crippen LogP contribution is -2.22. The zero-order chi connectivity index (χ0) is 12.4. The van der Waals surface area contributed by atoms with Gasteiger partial charge in [-0.3, -0.25) is 0 Å². The average Bonchev–Trinajstić information content (AvgIpc) is 2.82. The van der Waals surface area contributed by atoms with Crippen molar-refractivity contribution in [3.8, 4) is 0 Å². The van der Waals surface area contributed by atoms with Gasteiger partial charge in [-0.2, -0.15) is 11.3 Å². The SMILES string of the molecule is CCNC(c1cscc1Br)c1cc(C)oc1C. The Morgan fingerprint density at radius 2 is 2.12 bits per heavy atom. The van der Waals surface area contributed by atoms with E-state index < -0.39 is 0 Å². The van der Waals surface area contributed by atoms with Crippen molar-refractivity contribution in [3.05, 3.63) is 43.9 Å². The Morgan fingerprint density at radius 3 is 2.59 bits per heavy atom. The predicted octanol–water partition coefficient (Wildman–Crippen LogP) is 4.42. The molecule has 4 heteroatoms. The molecule has 0 saturated heterocycles. The maximum Gasteiger partial charge on any atom is 0.106 e. The van der Waals surface area contributed by atoms with E-state index in [0.717, 1.165) is 22.5 Å². The summed E-state index contributed by atoms with van der Waals surface area (Å²) in [5, 5.41) is 7.81. The van der Waals surface area contributed by atoms with E-state index in [4.69, 9.17) is 4.42 Å². The molecule has 2 heterocycles. The van der Waals surface area contributed by atoms with Crippen LogP contribution in [0.1, 0.15) is 35.6 Å². The quantitative estimate of drug-likeness (QED) is 0.904. The summed E-state index contributed by atoms with van der Waals surface area (Å²) in [6, 6.07) is 2.32. The lowest BCUT2D eigenvalue weighted by molar-refractivity contribution is 0.495. The largest absolute Gasteiger partial charge is 0.466 e. The molecule has 1 N–H and O–H groups in total. The molecule has 0 spiro atoms. The third-order valence-corrected chi connectivity index (χ3v) is 4.50. The number of hydrogen-bond acceptors (Lipinski definition) is 3. The van der Waals surface area contributed by atoms with Crippen LogP contribution in [0.25, 0.3) is 0 Å². The Hall–Kier alpha value is -0.580. The van der Waals surface area contributed by atoms with Crippen LogP contribution in [0.3, 0.4) is 0 Å². The lowest BCUT2D eigenvalue weighted by Gasteiger charge is -2.17. The number of hydrogen-bond donors (Lipinski definition) is 1. The van der Waals surface area contributed by atoms with Gasteiger partial charge in [-0.1, -0.05) is 6.92 Å². The summed E-state index contributed by atoms with van der Waals surface area (Å²) in [7, 11) is 0. The van der Waals surface area contributed by atoms with Gasteiger partial charge < -0.3 is 9.73 Å². The summed E-state index contributed by atoms with van der Waals surface area (Å²) in [4.78, 5) is 0. The summed E-state index contributed by atoms with van der Waals surface area (Å²) >= 11 is 5.32. The number of thiophene rings is 1. The molecule has 1 atom stereocenters. The Kier molecular flexibility index (Phi) is 4.07. The summed E-state index contributed by atoms with van der Waals surface area (Å²) in [5.74, 6) is 1.96. The second-order valence-corrected chi connectivity index (χ2v) is 5.63. The van der Waals surface area contributed by atoms with Crippen molar-refractivity contribution in [1.82, 2.24) is 5.32 Å². The third-order valence-electron chi connectivity index (χ3n) is 2.75. The van der Waals surface area contributed by atoms with Gasteiger partial charge in [-0.05, 0) is 53.3 Å². The Bertz CT molecular complexity index is 503. The van der Waals surface area contributed by atoms with Gasteiger partial charge in [-0.15, -0.1) is 0 Å². The molecule has 0 saturated carbocycles. The minimum atomic E-state index is 0.207. The van der Waals surface area contributed by atoms with Crippen LogP contribution in [0.4, 0.5) is 0 Å². The van der Waals surface area contributed by atoms with Gasteiger partial charge in [-0.25, -0.2) is 0 Å². The Labute approximate surface area is 114 Å². The van der Waals surface area contributed by atoms with E-state index in [-0.39, 0.29) is 6.04 Å². The van der Waals surface area contributed by atoms with E-state index in [1.807, 2.05) is 13.8 Å². The molecule has 2 rings (SSSR count). The summed E-state index contributed by atoms with van der Waals surface area (Å²) in [5.41, 5.74) is 2.50. The standard InChI is InChI=1S/C13H16BrNOS/c1-4-15-13(11-6-17-7-12(11)14)10-5-8(2)16-9(10)3/h5-7,13,15H,4H2,1-3H3. The van der Waals surface area contributed by atoms with E-state index in [1.54, 1.807) is 11.3 Å². The summed E-state index contributed by atoms with van der Waals surface area (Å²) in [6.45, 7) is 7.06. The highest BCUT2D eigenvalue weighted by atomic mass is 79.9. The number of rotatable bonds is 4. The van der Waals surface area contributed by atoms with Crippen LogP contribution in [0, 0.1) is 13.8 Å². The van der Waals surface area contributed by atoms with Gasteiger partial charge in [0.1, 0.15) is 11.5 Å². The molecule has 0 aliphatic carbocycles. The van der Waals surface area contributed by atoms with Gasteiger partial charge in [0.25, 0.3) is 0 Å². The molecule has 0 aromatic carbocycles. The first-order chi connectivity index (χ1) is 8.13. The van der Waals surface area contributed by atoms with Crippen LogP contribution < -0.4 is 5.32 Å². The van der Waals surface area contributed by atoms with Crippen molar-refractivity contribution in [2.24, 2.45) is 0 Å². The van der Waals surface area contributed by atoms with Gasteiger partial charge in [0.05, 0.1) is 6.04 Å². The molecule has 0 bridgehead atoms. The average molecular weight is 314 g/mol. The molecule has 0 aliphatic rings. The van der Waals surface area contributed by atoms with Crippen LogP contribution in [-0.4, -0.2) is 6.54 Å². The zero-order valence-electron chi connectivity index (χ0n) is 10.2. The first kappa shape index (κ1) is 12.9. The van der Waals surface area contributed by atoms with Crippen LogP contribution in [-0.2, 0) is 0 Å². The van der Waals surface area contributed by atoms with Crippen molar-refractivity contribution in [3.63, 3.8) is 0 Å². The molecule has 0 aliphatic heterocycles. The summed E-state index contributed by atoms with van der Waals surface area (Å²) in [6.07, 6.45) is 0.